The highest BCUT2D eigenvalue weighted by atomic mass is 15.2. The van der Waals surface area contributed by atoms with Crippen molar-refractivity contribution >= 4 is 0 Å². The molecule has 0 aliphatic carbocycles. The van der Waals surface area contributed by atoms with Gasteiger partial charge in [-0.2, -0.15) is 0 Å². The van der Waals surface area contributed by atoms with E-state index in [1.165, 1.54) is 13.0 Å². The molecule has 0 amide bonds. The van der Waals surface area contributed by atoms with Gasteiger partial charge in [0, 0.05) is 25.2 Å². The number of rotatable bonds is 4. The molecule has 16 heavy (non-hydrogen) atoms. The maximum absolute atomic E-state index is 5.24. The van der Waals surface area contributed by atoms with Gasteiger partial charge in [0.1, 0.15) is 0 Å². The van der Waals surface area contributed by atoms with Crippen LogP contribution in [0.25, 0.3) is 0 Å². The molecule has 1 rings (SSSR count). The van der Waals surface area contributed by atoms with Gasteiger partial charge >= 0.3 is 0 Å². The first-order valence-corrected chi connectivity index (χ1v) is 6.46. The van der Waals surface area contributed by atoms with Crippen LogP contribution in [0.4, 0.5) is 0 Å². The zero-order valence-electron chi connectivity index (χ0n) is 11.2. The summed E-state index contributed by atoms with van der Waals surface area (Å²) in [4.78, 5) is 2.63. The van der Waals surface area contributed by atoms with Gasteiger partial charge in [-0.15, -0.1) is 6.42 Å². The molecule has 0 bridgehead atoms. The lowest BCUT2D eigenvalue weighted by Gasteiger charge is -2.44. The fraction of sp³-hybridized carbons (Fsp3) is 0.857. The van der Waals surface area contributed by atoms with Crippen LogP contribution in [0.3, 0.4) is 0 Å². The van der Waals surface area contributed by atoms with Crippen LogP contribution in [0.1, 0.15) is 34.1 Å². The smallest absolute Gasteiger partial charge is 0.0574 e. The minimum Gasteiger partial charge on any atom is -0.305 e. The zero-order valence-corrected chi connectivity index (χ0v) is 11.2. The Labute approximate surface area is 101 Å². The Bertz CT molecular complexity index is 244. The van der Waals surface area contributed by atoms with Crippen LogP contribution < -0.4 is 5.32 Å². The molecule has 0 spiro atoms. The van der Waals surface area contributed by atoms with Crippen LogP contribution in [0.5, 0.6) is 0 Å². The Kier molecular flexibility index (Phi) is 5.31. The summed E-state index contributed by atoms with van der Waals surface area (Å²) in [5.74, 6) is 4.25. The number of hydrogen-bond donors (Lipinski definition) is 1. The molecule has 0 aromatic carbocycles. The van der Waals surface area contributed by atoms with Crippen molar-refractivity contribution in [2.24, 2.45) is 11.8 Å². The first-order chi connectivity index (χ1) is 7.56. The van der Waals surface area contributed by atoms with Gasteiger partial charge in [-0.05, 0) is 32.1 Å². The molecule has 1 fully saturated rings. The normalized spacial score (nSPS) is 33.3. The van der Waals surface area contributed by atoms with Crippen molar-refractivity contribution in [2.45, 2.75) is 46.2 Å². The molecule has 1 heterocycles. The van der Waals surface area contributed by atoms with Crippen molar-refractivity contribution in [3.63, 3.8) is 0 Å². The van der Waals surface area contributed by atoms with E-state index < -0.39 is 0 Å². The van der Waals surface area contributed by atoms with E-state index in [0.29, 0.717) is 18.6 Å². The highest BCUT2D eigenvalue weighted by Gasteiger charge is 2.31. The van der Waals surface area contributed by atoms with Gasteiger partial charge in [-0.1, -0.05) is 19.8 Å². The highest BCUT2D eigenvalue weighted by Crippen LogP contribution is 2.28. The summed E-state index contributed by atoms with van der Waals surface area (Å²) < 4.78 is 0. The first kappa shape index (κ1) is 13.5. The second-order valence-electron chi connectivity index (χ2n) is 5.44. The lowest BCUT2D eigenvalue weighted by molar-refractivity contribution is 0.0469. The molecule has 0 aromatic rings. The Morgan fingerprint density at radius 3 is 2.75 bits per heavy atom. The molecule has 0 radical (unpaired) electrons. The van der Waals surface area contributed by atoms with Gasteiger partial charge in [0.25, 0.3) is 0 Å². The van der Waals surface area contributed by atoms with E-state index in [9.17, 15) is 0 Å². The molecule has 1 aliphatic rings. The third-order valence-electron chi connectivity index (χ3n) is 3.88. The molecule has 4 atom stereocenters. The number of nitrogens with one attached hydrogen (secondary N) is 1. The molecular weight excluding hydrogens is 196 g/mol. The molecule has 4 unspecified atom stereocenters. The van der Waals surface area contributed by atoms with Crippen LogP contribution in [0, 0.1) is 24.2 Å². The maximum atomic E-state index is 5.24. The molecule has 2 heteroatoms. The summed E-state index contributed by atoms with van der Waals surface area (Å²) in [6.07, 6.45) is 6.60. The summed E-state index contributed by atoms with van der Waals surface area (Å²) >= 11 is 0. The van der Waals surface area contributed by atoms with E-state index in [2.05, 4.69) is 43.8 Å². The van der Waals surface area contributed by atoms with Crippen molar-refractivity contribution in [1.29, 1.82) is 0 Å². The Balaban J connectivity index is 2.46. The molecule has 2 nitrogen and oxygen atoms in total. The molecule has 1 N–H and O–H groups in total. The Hall–Kier alpha value is -0.520. The van der Waals surface area contributed by atoms with E-state index in [1.807, 2.05) is 0 Å². The Morgan fingerprint density at radius 1 is 1.44 bits per heavy atom. The number of likely N-dealkylation sites (tertiary alicyclic amines) is 1. The summed E-state index contributed by atoms with van der Waals surface area (Å²) in [6, 6.07) is 1.27. The fourth-order valence-electron chi connectivity index (χ4n) is 2.81. The minimum absolute atomic E-state index is 0.577. The topological polar surface area (TPSA) is 15.3 Å². The summed E-state index contributed by atoms with van der Waals surface area (Å²) in [6.45, 7) is 12.3. The molecule has 0 aromatic heterocycles. The molecule has 0 saturated carbocycles. The number of piperidine rings is 1. The van der Waals surface area contributed by atoms with Crippen LogP contribution in [0.15, 0.2) is 0 Å². The van der Waals surface area contributed by atoms with Gasteiger partial charge in [0.15, 0.2) is 0 Å². The average Bonchev–Trinajstić information content (AvgIpc) is 2.23. The van der Waals surface area contributed by atoms with Gasteiger partial charge in [0.05, 0.1) is 6.54 Å². The van der Waals surface area contributed by atoms with E-state index in [4.69, 9.17) is 6.42 Å². The minimum atomic E-state index is 0.577. The molecule has 92 valence electrons. The summed E-state index contributed by atoms with van der Waals surface area (Å²) in [5.41, 5.74) is 0. The predicted octanol–water partition coefficient (Wildman–Crippen LogP) is 1.96. The largest absolute Gasteiger partial charge is 0.305 e. The highest BCUT2D eigenvalue weighted by molar-refractivity contribution is 4.89. The van der Waals surface area contributed by atoms with Crippen LogP contribution in [-0.4, -0.2) is 36.6 Å². The predicted molar refractivity (Wildman–Crippen MR) is 70.3 cm³/mol. The summed E-state index contributed by atoms with van der Waals surface area (Å²) in [5, 5.41) is 3.30. The monoisotopic (exact) mass is 222 g/mol. The number of hydrogen-bond acceptors (Lipinski definition) is 2. The van der Waals surface area contributed by atoms with E-state index in [-0.39, 0.29) is 0 Å². The van der Waals surface area contributed by atoms with Gasteiger partial charge in [0.2, 0.25) is 0 Å². The SMILES string of the molecule is C#CCNCC(C)N1CC(C)CC(C)C1C. The van der Waals surface area contributed by atoms with Crippen molar-refractivity contribution in [3.05, 3.63) is 0 Å². The van der Waals surface area contributed by atoms with Crippen molar-refractivity contribution < 1.29 is 0 Å². The van der Waals surface area contributed by atoms with Crippen LogP contribution in [-0.2, 0) is 0 Å². The van der Waals surface area contributed by atoms with Crippen LogP contribution >= 0.6 is 0 Å². The lowest BCUT2D eigenvalue weighted by Crippen LogP contribution is -2.52. The lowest BCUT2D eigenvalue weighted by atomic mass is 9.85. The van der Waals surface area contributed by atoms with Crippen molar-refractivity contribution in [3.8, 4) is 12.3 Å². The second kappa shape index (κ2) is 6.27. The van der Waals surface area contributed by atoms with Gasteiger partial charge < -0.3 is 5.32 Å². The summed E-state index contributed by atoms with van der Waals surface area (Å²) in [7, 11) is 0. The quantitative estimate of drug-likeness (QED) is 0.578. The fourth-order valence-corrected chi connectivity index (χ4v) is 2.81. The van der Waals surface area contributed by atoms with E-state index in [1.54, 1.807) is 0 Å². The Morgan fingerprint density at radius 2 is 2.12 bits per heavy atom. The molecule has 1 aliphatic heterocycles. The third-order valence-corrected chi connectivity index (χ3v) is 3.88. The molecule has 1 saturated heterocycles. The first-order valence-electron chi connectivity index (χ1n) is 6.46. The number of nitrogens with zero attached hydrogens (tertiary/aromatic N) is 1. The van der Waals surface area contributed by atoms with Crippen molar-refractivity contribution in [1.82, 2.24) is 10.2 Å². The number of terminal acetylenes is 1. The average molecular weight is 222 g/mol. The maximum Gasteiger partial charge on any atom is 0.0574 e. The van der Waals surface area contributed by atoms with E-state index >= 15 is 0 Å². The van der Waals surface area contributed by atoms with Crippen molar-refractivity contribution in [2.75, 3.05) is 19.6 Å². The second-order valence-corrected chi connectivity index (χ2v) is 5.44. The zero-order chi connectivity index (χ0) is 12.1. The standard InChI is InChI=1S/C14H26N2/c1-6-7-15-9-13(4)16-10-11(2)8-12(3)14(16)5/h1,11-15H,7-10H2,2-5H3. The molecular formula is C14H26N2. The van der Waals surface area contributed by atoms with E-state index in [0.717, 1.165) is 18.4 Å². The van der Waals surface area contributed by atoms with Gasteiger partial charge in [-0.3, -0.25) is 4.90 Å². The van der Waals surface area contributed by atoms with Gasteiger partial charge in [-0.25, -0.2) is 0 Å². The van der Waals surface area contributed by atoms with Crippen LogP contribution in [0.2, 0.25) is 0 Å². The third kappa shape index (κ3) is 3.50.